The molecule has 0 fully saturated rings. The summed E-state index contributed by atoms with van der Waals surface area (Å²) in [6.07, 6.45) is 7.39. The summed E-state index contributed by atoms with van der Waals surface area (Å²) in [4.78, 5) is 22.3. The van der Waals surface area contributed by atoms with Crippen molar-refractivity contribution in [3.8, 4) is 0 Å². The second-order valence-electron chi connectivity index (χ2n) is 5.74. The van der Waals surface area contributed by atoms with Crippen molar-refractivity contribution in [1.82, 2.24) is 0 Å². The number of allylic oxidation sites excluding steroid dienone is 5. The largest absolute Gasteiger partial charge is 0.423 e. The minimum atomic E-state index is -0.302. The lowest BCUT2D eigenvalue weighted by molar-refractivity contribution is -0.110. The summed E-state index contributed by atoms with van der Waals surface area (Å²) in [5, 5.41) is 0.951. The van der Waals surface area contributed by atoms with E-state index in [1.807, 2.05) is 54.6 Å². The van der Waals surface area contributed by atoms with Gasteiger partial charge in [0.15, 0.2) is 5.78 Å². The molecule has 3 aromatic rings. The zero-order valence-electron chi connectivity index (χ0n) is 13.3. The zero-order valence-corrected chi connectivity index (χ0v) is 13.3. The van der Waals surface area contributed by atoms with Crippen molar-refractivity contribution in [2.24, 2.45) is 0 Å². The predicted molar refractivity (Wildman–Crippen MR) is 99.0 cm³/mol. The Morgan fingerprint density at radius 1 is 0.760 bits per heavy atom. The van der Waals surface area contributed by atoms with E-state index in [4.69, 9.17) is 4.42 Å². The number of hydrogen-bond donors (Lipinski definition) is 0. The predicted octanol–water partition coefficient (Wildman–Crippen LogP) is 4.40. The quantitative estimate of drug-likeness (QED) is 0.575. The van der Waals surface area contributed by atoms with E-state index in [1.165, 1.54) is 11.6 Å². The number of carbonyl (C=O) groups excluding carboxylic acids is 1. The number of fused-ring (bicyclic) bond motifs is 4. The molecule has 1 aromatic heterocycles. The smallest absolute Gasteiger partial charge is 0.336 e. The normalized spacial score (nSPS) is 14.2. The van der Waals surface area contributed by atoms with Crippen LogP contribution >= 0.6 is 0 Å². The fourth-order valence-electron chi connectivity index (χ4n) is 2.96. The highest BCUT2D eigenvalue weighted by Crippen LogP contribution is 2.37. The molecule has 25 heavy (non-hydrogen) atoms. The molecular formula is C22H14O3. The molecule has 0 amide bonds. The summed E-state index contributed by atoms with van der Waals surface area (Å²) in [6, 6.07) is 18.7. The molecule has 3 nitrogen and oxygen atoms in total. The van der Waals surface area contributed by atoms with Gasteiger partial charge in [0, 0.05) is 17.0 Å². The van der Waals surface area contributed by atoms with Crippen molar-refractivity contribution >= 4 is 28.4 Å². The highest BCUT2D eigenvalue weighted by atomic mass is 16.4. The molecule has 0 unspecified atom stereocenters. The molecule has 0 saturated carbocycles. The van der Waals surface area contributed by atoms with E-state index in [1.54, 1.807) is 18.2 Å². The monoisotopic (exact) mass is 326 g/mol. The first-order chi connectivity index (χ1) is 12.2. The molecule has 0 atom stereocenters. The number of rotatable bonds is 0. The van der Waals surface area contributed by atoms with Gasteiger partial charge in [-0.1, -0.05) is 54.6 Å². The minimum absolute atomic E-state index is 0.110. The molecule has 2 aliphatic carbocycles. The van der Waals surface area contributed by atoms with Gasteiger partial charge in [-0.3, -0.25) is 4.79 Å². The summed E-state index contributed by atoms with van der Waals surface area (Å²) < 4.78 is 4.91. The Labute approximate surface area is 144 Å². The number of benzene rings is 2. The molecule has 1 heterocycles. The maximum Gasteiger partial charge on any atom is 0.336 e. The molecule has 0 saturated heterocycles. The molecule has 120 valence electrons. The van der Waals surface area contributed by atoms with Crippen LogP contribution in [0.4, 0.5) is 0 Å². The van der Waals surface area contributed by atoms with Crippen LogP contribution in [0.25, 0.3) is 22.6 Å². The number of ketones is 1. The third-order valence-electron chi connectivity index (χ3n) is 4.15. The first-order valence-corrected chi connectivity index (χ1v) is 7.95. The highest BCUT2D eigenvalue weighted by molar-refractivity contribution is 6.23. The third kappa shape index (κ3) is 2.88. The number of hydrogen-bond acceptors (Lipinski definition) is 3. The Morgan fingerprint density at radius 3 is 2.48 bits per heavy atom. The fourth-order valence-corrected chi connectivity index (χ4v) is 2.96. The maximum atomic E-state index is 11.5. The molecule has 0 radical (unpaired) electrons. The van der Waals surface area contributed by atoms with E-state index in [0.29, 0.717) is 5.58 Å². The van der Waals surface area contributed by atoms with Crippen molar-refractivity contribution in [2.45, 2.75) is 0 Å². The van der Waals surface area contributed by atoms with Gasteiger partial charge in [-0.15, -0.1) is 0 Å². The summed E-state index contributed by atoms with van der Waals surface area (Å²) in [7, 11) is 0. The van der Waals surface area contributed by atoms with Gasteiger partial charge >= 0.3 is 5.63 Å². The number of carbonyl (C=O) groups is 1. The molecule has 0 bridgehead atoms. The van der Waals surface area contributed by atoms with Crippen molar-refractivity contribution in [2.75, 3.05) is 0 Å². The van der Waals surface area contributed by atoms with E-state index in [9.17, 15) is 9.59 Å². The Kier molecular flexibility index (Phi) is 3.75. The Hall–Kier alpha value is -3.46. The van der Waals surface area contributed by atoms with Gasteiger partial charge in [0.05, 0.1) is 0 Å². The standard InChI is InChI=1S/C13H8O.C9H6O2/c14-13-7-3-6-11-10-5-2-1-4-9(10)8-12(11)13;10-9-6-5-7-3-1-2-4-8(7)11-9/h1-8H;1-6H. The fraction of sp³-hybridized carbons (Fsp3) is 0. The second-order valence-corrected chi connectivity index (χ2v) is 5.74. The SMILES string of the molecule is O=C1C=CC=C2C1=Cc1ccccc12.O=c1ccc2ccccc2o1. The minimum Gasteiger partial charge on any atom is -0.423 e. The van der Waals surface area contributed by atoms with Gasteiger partial charge in [-0.25, -0.2) is 4.79 Å². The van der Waals surface area contributed by atoms with Crippen LogP contribution in [0, 0.1) is 0 Å². The summed E-state index contributed by atoms with van der Waals surface area (Å²) in [6.45, 7) is 0. The Bertz CT molecular complexity index is 1130. The lowest BCUT2D eigenvalue weighted by atomic mass is 9.96. The van der Waals surface area contributed by atoms with Crippen LogP contribution in [-0.4, -0.2) is 5.78 Å². The van der Waals surface area contributed by atoms with Crippen molar-refractivity contribution < 1.29 is 9.21 Å². The van der Waals surface area contributed by atoms with Crippen LogP contribution < -0.4 is 5.63 Å². The van der Waals surface area contributed by atoms with Gasteiger partial charge in [-0.2, -0.15) is 0 Å². The molecule has 2 aliphatic rings. The first kappa shape index (κ1) is 15.1. The first-order valence-electron chi connectivity index (χ1n) is 7.95. The van der Waals surface area contributed by atoms with Gasteiger partial charge in [-0.05, 0) is 41.0 Å². The number of para-hydroxylation sites is 1. The van der Waals surface area contributed by atoms with Crippen LogP contribution in [0.5, 0.6) is 0 Å². The Balaban J connectivity index is 0.000000129. The molecular weight excluding hydrogens is 312 g/mol. The van der Waals surface area contributed by atoms with Crippen molar-refractivity contribution in [3.05, 3.63) is 106 Å². The van der Waals surface area contributed by atoms with Crippen molar-refractivity contribution in [3.63, 3.8) is 0 Å². The third-order valence-corrected chi connectivity index (χ3v) is 4.15. The lowest BCUT2D eigenvalue weighted by Gasteiger charge is -2.06. The van der Waals surface area contributed by atoms with Gasteiger partial charge < -0.3 is 4.42 Å². The molecule has 5 rings (SSSR count). The van der Waals surface area contributed by atoms with Crippen LogP contribution in [0.1, 0.15) is 11.1 Å². The molecule has 2 aromatic carbocycles. The van der Waals surface area contributed by atoms with Crippen LogP contribution in [0.2, 0.25) is 0 Å². The second kappa shape index (κ2) is 6.21. The van der Waals surface area contributed by atoms with Crippen molar-refractivity contribution in [1.29, 1.82) is 0 Å². The average molecular weight is 326 g/mol. The van der Waals surface area contributed by atoms with E-state index in [-0.39, 0.29) is 11.4 Å². The zero-order chi connectivity index (χ0) is 17.2. The highest BCUT2D eigenvalue weighted by Gasteiger charge is 2.23. The van der Waals surface area contributed by atoms with Crippen LogP contribution in [0.3, 0.4) is 0 Å². The molecule has 0 aliphatic heterocycles. The van der Waals surface area contributed by atoms with E-state index in [2.05, 4.69) is 6.07 Å². The van der Waals surface area contributed by atoms with E-state index in [0.717, 1.165) is 22.1 Å². The maximum absolute atomic E-state index is 11.5. The van der Waals surface area contributed by atoms with Gasteiger partial charge in [0.2, 0.25) is 0 Å². The Morgan fingerprint density at radius 2 is 1.56 bits per heavy atom. The average Bonchev–Trinajstić information content (AvgIpc) is 3.03. The molecule has 0 N–H and O–H groups in total. The van der Waals surface area contributed by atoms with E-state index < -0.39 is 0 Å². The lowest BCUT2D eigenvalue weighted by Crippen LogP contribution is -2.00. The van der Waals surface area contributed by atoms with Gasteiger partial charge in [0.25, 0.3) is 0 Å². The van der Waals surface area contributed by atoms with E-state index >= 15 is 0 Å². The summed E-state index contributed by atoms with van der Waals surface area (Å²) >= 11 is 0. The van der Waals surface area contributed by atoms with Crippen LogP contribution in [0.15, 0.2) is 93.7 Å². The topological polar surface area (TPSA) is 47.3 Å². The molecule has 3 heteroatoms. The van der Waals surface area contributed by atoms with Crippen LogP contribution in [-0.2, 0) is 4.79 Å². The molecule has 0 spiro atoms. The summed E-state index contributed by atoms with van der Waals surface area (Å²) in [5.41, 5.74) is 4.54. The summed E-state index contributed by atoms with van der Waals surface area (Å²) in [5.74, 6) is 0.110. The van der Waals surface area contributed by atoms with Gasteiger partial charge in [0.1, 0.15) is 5.58 Å².